The van der Waals surface area contributed by atoms with Crippen LogP contribution in [0.25, 0.3) is 0 Å². The van der Waals surface area contributed by atoms with Gasteiger partial charge in [-0.15, -0.1) is 0 Å². The second-order valence-corrected chi connectivity index (χ2v) is 3.55. The molecule has 5 nitrogen and oxygen atoms in total. The fourth-order valence-electron chi connectivity index (χ4n) is 1.24. The molecular formula is C9H16N2O3. The highest BCUT2D eigenvalue weighted by atomic mass is 16.4. The second-order valence-electron chi connectivity index (χ2n) is 3.55. The molecule has 0 bridgehead atoms. The summed E-state index contributed by atoms with van der Waals surface area (Å²) < 4.78 is 0. The van der Waals surface area contributed by atoms with Gasteiger partial charge >= 0.3 is 12.0 Å². The van der Waals surface area contributed by atoms with Crippen LogP contribution in [0.3, 0.4) is 0 Å². The van der Waals surface area contributed by atoms with E-state index in [1.165, 1.54) is 0 Å². The Morgan fingerprint density at radius 1 is 1.50 bits per heavy atom. The van der Waals surface area contributed by atoms with Gasteiger partial charge in [0.2, 0.25) is 0 Å². The van der Waals surface area contributed by atoms with E-state index in [9.17, 15) is 9.59 Å². The molecule has 0 radical (unpaired) electrons. The zero-order valence-electron chi connectivity index (χ0n) is 8.25. The van der Waals surface area contributed by atoms with Crippen LogP contribution in [0.15, 0.2) is 0 Å². The van der Waals surface area contributed by atoms with Crippen LogP contribution in [0.5, 0.6) is 0 Å². The van der Waals surface area contributed by atoms with Gasteiger partial charge in [-0.3, -0.25) is 0 Å². The standard InChI is InChI=1S/C9H16N2O3/c1-2-5-10-9(14)11-7(8(12)13)6-3-4-6/h6-7H,2-5H2,1H3,(H,12,13)(H2,10,11,14). The van der Waals surface area contributed by atoms with E-state index in [0.717, 1.165) is 19.3 Å². The minimum Gasteiger partial charge on any atom is -0.480 e. The third-order valence-corrected chi connectivity index (χ3v) is 2.18. The van der Waals surface area contributed by atoms with Crippen molar-refractivity contribution in [3.8, 4) is 0 Å². The molecule has 0 aliphatic heterocycles. The molecule has 2 amide bonds. The predicted octanol–water partition coefficient (Wildman–Crippen LogP) is 0.559. The first kappa shape index (κ1) is 10.8. The van der Waals surface area contributed by atoms with E-state index in [4.69, 9.17) is 5.11 Å². The number of carboxylic acids is 1. The van der Waals surface area contributed by atoms with Crippen LogP contribution in [-0.2, 0) is 4.79 Å². The highest BCUT2D eigenvalue weighted by Crippen LogP contribution is 2.32. The van der Waals surface area contributed by atoms with Gasteiger partial charge < -0.3 is 15.7 Å². The van der Waals surface area contributed by atoms with Gasteiger partial charge in [-0.25, -0.2) is 9.59 Å². The number of carboxylic acid groups (broad SMARTS) is 1. The lowest BCUT2D eigenvalue weighted by Crippen LogP contribution is -2.47. The Kier molecular flexibility index (Phi) is 3.73. The Hall–Kier alpha value is -1.26. The molecule has 0 saturated heterocycles. The third kappa shape index (κ3) is 3.24. The Balaban J connectivity index is 2.31. The summed E-state index contributed by atoms with van der Waals surface area (Å²) in [5, 5.41) is 13.9. The number of carbonyl (C=O) groups excluding carboxylic acids is 1. The molecule has 0 aromatic heterocycles. The molecule has 0 spiro atoms. The molecular weight excluding hydrogens is 184 g/mol. The van der Waals surface area contributed by atoms with Gasteiger partial charge in [0.15, 0.2) is 0 Å². The third-order valence-electron chi connectivity index (χ3n) is 2.18. The minimum atomic E-state index is -0.945. The van der Waals surface area contributed by atoms with Gasteiger partial charge in [-0.05, 0) is 25.2 Å². The first-order valence-corrected chi connectivity index (χ1v) is 4.92. The first-order chi connectivity index (χ1) is 6.65. The van der Waals surface area contributed by atoms with E-state index >= 15 is 0 Å². The van der Waals surface area contributed by atoms with E-state index in [1.54, 1.807) is 0 Å². The number of urea groups is 1. The average Bonchev–Trinajstić information content (AvgIpc) is 2.93. The van der Waals surface area contributed by atoms with Crippen molar-refractivity contribution in [2.75, 3.05) is 6.54 Å². The quantitative estimate of drug-likeness (QED) is 0.606. The Morgan fingerprint density at radius 2 is 2.14 bits per heavy atom. The molecule has 0 aromatic carbocycles. The molecule has 1 aliphatic rings. The Morgan fingerprint density at radius 3 is 2.57 bits per heavy atom. The molecule has 1 rings (SSSR count). The fourth-order valence-corrected chi connectivity index (χ4v) is 1.24. The van der Waals surface area contributed by atoms with Crippen LogP contribution < -0.4 is 10.6 Å². The smallest absolute Gasteiger partial charge is 0.326 e. The highest BCUT2D eigenvalue weighted by Gasteiger charge is 2.37. The van der Waals surface area contributed by atoms with Crippen molar-refractivity contribution >= 4 is 12.0 Å². The van der Waals surface area contributed by atoms with Crippen LogP contribution in [-0.4, -0.2) is 29.7 Å². The van der Waals surface area contributed by atoms with Crippen molar-refractivity contribution in [1.82, 2.24) is 10.6 Å². The number of hydrogen-bond acceptors (Lipinski definition) is 2. The largest absolute Gasteiger partial charge is 0.480 e. The van der Waals surface area contributed by atoms with Gasteiger partial charge in [0.1, 0.15) is 6.04 Å². The van der Waals surface area contributed by atoms with E-state index in [1.807, 2.05) is 6.92 Å². The Bertz CT molecular complexity index is 226. The minimum absolute atomic E-state index is 0.125. The lowest BCUT2D eigenvalue weighted by molar-refractivity contribution is -0.139. The summed E-state index contributed by atoms with van der Waals surface area (Å²) in [6.07, 6.45) is 2.63. The van der Waals surface area contributed by atoms with Crippen molar-refractivity contribution in [1.29, 1.82) is 0 Å². The van der Waals surface area contributed by atoms with Gasteiger partial charge in [0.05, 0.1) is 0 Å². The summed E-state index contributed by atoms with van der Waals surface area (Å²) in [4.78, 5) is 21.9. The maximum Gasteiger partial charge on any atom is 0.326 e. The number of carbonyl (C=O) groups is 2. The number of amides is 2. The Labute approximate surface area is 82.9 Å². The van der Waals surface area contributed by atoms with Crippen LogP contribution >= 0.6 is 0 Å². The van der Waals surface area contributed by atoms with Gasteiger partial charge in [-0.2, -0.15) is 0 Å². The molecule has 1 unspecified atom stereocenters. The maximum absolute atomic E-state index is 11.2. The van der Waals surface area contributed by atoms with Gasteiger partial charge in [0.25, 0.3) is 0 Å². The summed E-state index contributed by atoms with van der Waals surface area (Å²) in [6, 6.07) is -1.10. The zero-order valence-corrected chi connectivity index (χ0v) is 8.25. The maximum atomic E-state index is 11.2. The summed E-state index contributed by atoms with van der Waals surface area (Å²) in [7, 11) is 0. The number of aliphatic carboxylic acids is 1. The summed E-state index contributed by atoms with van der Waals surface area (Å²) >= 11 is 0. The lowest BCUT2D eigenvalue weighted by atomic mass is 10.2. The number of rotatable bonds is 5. The number of hydrogen-bond donors (Lipinski definition) is 3. The van der Waals surface area contributed by atoms with Crippen LogP contribution in [0.4, 0.5) is 4.79 Å². The van der Waals surface area contributed by atoms with Crippen molar-refractivity contribution in [3.63, 3.8) is 0 Å². The summed E-state index contributed by atoms with van der Waals surface area (Å²) in [5.74, 6) is -0.820. The molecule has 5 heteroatoms. The van der Waals surface area contributed by atoms with E-state index in [0.29, 0.717) is 6.54 Å². The van der Waals surface area contributed by atoms with Crippen molar-refractivity contribution in [2.24, 2.45) is 5.92 Å². The van der Waals surface area contributed by atoms with Gasteiger partial charge in [0, 0.05) is 6.54 Å². The fraction of sp³-hybridized carbons (Fsp3) is 0.778. The first-order valence-electron chi connectivity index (χ1n) is 4.92. The summed E-state index contributed by atoms with van der Waals surface area (Å²) in [6.45, 7) is 2.51. The van der Waals surface area contributed by atoms with Crippen LogP contribution in [0.2, 0.25) is 0 Å². The summed E-state index contributed by atoms with van der Waals surface area (Å²) in [5.41, 5.74) is 0. The molecule has 1 aliphatic carbocycles. The average molecular weight is 200 g/mol. The molecule has 14 heavy (non-hydrogen) atoms. The molecule has 0 aromatic rings. The van der Waals surface area contributed by atoms with Crippen molar-refractivity contribution in [3.05, 3.63) is 0 Å². The zero-order chi connectivity index (χ0) is 10.6. The molecule has 1 fully saturated rings. The van der Waals surface area contributed by atoms with E-state index in [2.05, 4.69) is 10.6 Å². The van der Waals surface area contributed by atoms with Gasteiger partial charge in [-0.1, -0.05) is 6.92 Å². The molecule has 0 heterocycles. The molecule has 3 N–H and O–H groups in total. The van der Waals surface area contributed by atoms with Crippen molar-refractivity contribution < 1.29 is 14.7 Å². The van der Waals surface area contributed by atoms with Crippen molar-refractivity contribution in [2.45, 2.75) is 32.2 Å². The van der Waals surface area contributed by atoms with Crippen LogP contribution in [0, 0.1) is 5.92 Å². The monoisotopic (exact) mass is 200 g/mol. The lowest BCUT2D eigenvalue weighted by Gasteiger charge is -2.13. The van der Waals surface area contributed by atoms with E-state index in [-0.39, 0.29) is 11.9 Å². The molecule has 1 saturated carbocycles. The molecule has 80 valence electrons. The topological polar surface area (TPSA) is 78.4 Å². The SMILES string of the molecule is CCCNC(=O)NC(C(=O)O)C1CC1. The van der Waals surface area contributed by atoms with E-state index < -0.39 is 12.0 Å². The molecule has 1 atom stereocenters. The second kappa shape index (κ2) is 4.83. The highest BCUT2D eigenvalue weighted by molar-refractivity contribution is 5.83. The predicted molar refractivity (Wildman–Crippen MR) is 51.0 cm³/mol. The normalized spacial score (nSPS) is 17.2. The number of nitrogens with one attached hydrogen (secondary N) is 2. The van der Waals surface area contributed by atoms with Crippen LogP contribution in [0.1, 0.15) is 26.2 Å².